The monoisotopic (exact) mass is 275 g/mol. The van der Waals surface area contributed by atoms with E-state index in [1.165, 1.54) is 7.11 Å². The maximum absolute atomic E-state index is 13.6. The van der Waals surface area contributed by atoms with Crippen LogP contribution in [0.1, 0.15) is 12.8 Å². The van der Waals surface area contributed by atoms with E-state index in [-0.39, 0.29) is 16.6 Å². The number of ether oxygens (including phenoxy) is 1. The number of benzene rings is 1. The van der Waals surface area contributed by atoms with Crippen LogP contribution in [0.3, 0.4) is 0 Å². The molecule has 0 amide bonds. The Hall–Kier alpha value is -1.36. The Balaban J connectivity index is 2.24. The molecule has 2 rings (SSSR count). The lowest BCUT2D eigenvalue weighted by atomic mass is 10.1. The highest BCUT2D eigenvalue weighted by Crippen LogP contribution is 2.36. The highest BCUT2D eigenvalue weighted by molar-refractivity contribution is 6.33. The molecule has 1 N–H and O–H groups in total. The Morgan fingerprint density at radius 3 is 2.67 bits per heavy atom. The Morgan fingerprint density at radius 1 is 1.50 bits per heavy atom. The average molecular weight is 276 g/mol. The van der Waals surface area contributed by atoms with Gasteiger partial charge in [-0.05, 0) is 24.8 Å². The third-order valence-corrected chi connectivity index (χ3v) is 3.15. The Bertz CT molecular complexity index is 454. The standard InChI is InChI=1S/C12H12ClF2NO2/c1-18-12(17)10(6-2-3-6)16-11-8(13)4-7(14)5-9(11)15/h4-6,10,16H,2-3H2,1H3. The summed E-state index contributed by atoms with van der Waals surface area (Å²) in [6, 6.07) is 1.07. The second-order valence-electron chi connectivity index (χ2n) is 4.23. The number of esters is 1. The van der Waals surface area contributed by atoms with E-state index in [2.05, 4.69) is 10.1 Å². The predicted octanol–water partition coefficient (Wildman–Crippen LogP) is 2.98. The molecule has 1 unspecified atom stereocenters. The first kappa shape index (κ1) is 13.1. The minimum absolute atomic E-state index is 0.0691. The lowest BCUT2D eigenvalue weighted by Crippen LogP contribution is -2.33. The minimum atomic E-state index is -0.824. The van der Waals surface area contributed by atoms with Gasteiger partial charge in [-0.25, -0.2) is 13.6 Å². The lowest BCUT2D eigenvalue weighted by molar-refractivity contribution is -0.142. The molecule has 1 aliphatic rings. The number of nitrogens with one attached hydrogen (secondary N) is 1. The fourth-order valence-corrected chi connectivity index (χ4v) is 2.01. The van der Waals surface area contributed by atoms with Crippen LogP contribution in [-0.2, 0) is 9.53 Å². The van der Waals surface area contributed by atoms with E-state index in [1.54, 1.807) is 0 Å². The largest absolute Gasteiger partial charge is 0.467 e. The van der Waals surface area contributed by atoms with Gasteiger partial charge in [0.25, 0.3) is 0 Å². The molecule has 6 heteroatoms. The molecule has 0 radical (unpaired) electrons. The Labute approximate surface area is 108 Å². The molecule has 0 heterocycles. The number of carbonyl (C=O) groups excluding carboxylic acids is 1. The van der Waals surface area contributed by atoms with E-state index in [4.69, 9.17) is 11.6 Å². The van der Waals surface area contributed by atoms with Gasteiger partial charge in [-0.3, -0.25) is 0 Å². The summed E-state index contributed by atoms with van der Waals surface area (Å²) in [5.41, 5.74) is -0.0691. The van der Waals surface area contributed by atoms with E-state index in [1.807, 2.05) is 0 Å². The number of methoxy groups -OCH3 is 1. The molecule has 0 aliphatic heterocycles. The smallest absolute Gasteiger partial charge is 0.328 e. The maximum Gasteiger partial charge on any atom is 0.328 e. The molecule has 1 aliphatic carbocycles. The van der Waals surface area contributed by atoms with Gasteiger partial charge in [0.05, 0.1) is 17.8 Å². The van der Waals surface area contributed by atoms with Crippen molar-refractivity contribution in [2.45, 2.75) is 18.9 Å². The number of hydrogen-bond acceptors (Lipinski definition) is 3. The molecule has 0 bridgehead atoms. The van der Waals surface area contributed by atoms with E-state index in [9.17, 15) is 13.6 Å². The van der Waals surface area contributed by atoms with Crippen molar-refractivity contribution in [2.24, 2.45) is 5.92 Å². The Kier molecular flexibility index (Phi) is 3.71. The summed E-state index contributed by atoms with van der Waals surface area (Å²) in [6.45, 7) is 0. The van der Waals surface area contributed by atoms with Crippen LogP contribution in [0.4, 0.5) is 14.5 Å². The molecule has 1 aromatic rings. The first-order valence-corrected chi connectivity index (χ1v) is 5.89. The van der Waals surface area contributed by atoms with Crippen LogP contribution < -0.4 is 5.32 Å². The van der Waals surface area contributed by atoms with Crippen LogP contribution in [0.25, 0.3) is 0 Å². The van der Waals surface area contributed by atoms with Gasteiger partial charge in [0.2, 0.25) is 0 Å². The van der Waals surface area contributed by atoms with Gasteiger partial charge < -0.3 is 10.1 Å². The molecule has 3 nitrogen and oxygen atoms in total. The van der Waals surface area contributed by atoms with Crippen molar-refractivity contribution in [3.05, 3.63) is 28.8 Å². The zero-order valence-electron chi connectivity index (χ0n) is 9.67. The summed E-state index contributed by atoms with van der Waals surface area (Å²) < 4.78 is 31.1. The van der Waals surface area contributed by atoms with Gasteiger partial charge in [0, 0.05) is 6.07 Å². The third-order valence-electron chi connectivity index (χ3n) is 2.86. The van der Waals surface area contributed by atoms with Crippen molar-refractivity contribution >= 4 is 23.3 Å². The topological polar surface area (TPSA) is 38.3 Å². The van der Waals surface area contributed by atoms with E-state index in [0.29, 0.717) is 0 Å². The number of rotatable bonds is 4. The third kappa shape index (κ3) is 2.72. The summed E-state index contributed by atoms with van der Waals surface area (Å²) >= 11 is 5.76. The SMILES string of the molecule is COC(=O)C(Nc1c(F)cc(F)cc1Cl)C1CC1. The van der Waals surface area contributed by atoms with E-state index in [0.717, 1.165) is 25.0 Å². The minimum Gasteiger partial charge on any atom is -0.467 e. The molecule has 98 valence electrons. The van der Waals surface area contributed by atoms with Crippen molar-refractivity contribution < 1.29 is 18.3 Å². The van der Waals surface area contributed by atoms with Gasteiger partial charge in [-0.15, -0.1) is 0 Å². The zero-order valence-corrected chi connectivity index (χ0v) is 10.4. The zero-order chi connectivity index (χ0) is 13.3. The van der Waals surface area contributed by atoms with Gasteiger partial charge in [-0.2, -0.15) is 0 Å². The molecule has 1 fully saturated rings. The van der Waals surface area contributed by atoms with E-state index < -0.39 is 23.6 Å². The van der Waals surface area contributed by atoms with Crippen molar-refractivity contribution in [1.82, 2.24) is 0 Å². The van der Waals surface area contributed by atoms with Crippen LogP contribution in [-0.4, -0.2) is 19.1 Å². The van der Waals surface area contributed by atoms with Crippen LogP contribution in [0.15, 0.2) is 12.1 Å². The predicted molar refractivity (Wildman–Crippen MR) is 63.5 cm³/mol. The first-order valence-electron chi connectivity index (χ1n) is 5.52. The van der Waals surface area contributed by atoms with Gasteiger partial charge in [0.1, 0.15) is 11.9 Å². The van der Waals surface area contributed by atoms with Crippen LogP contribution in [0, 0.1) is 17.6 Å². The summed E-state index contributed by atoms with van der Waals surface area (Å²) in [5.74, 6) is -1.95. The van der Waals surface area contributed by atoms with Gasteiger partial charge in [-0.1, -0.05) is 11.6 Å². The second-order valence-corrected chi connectivity index (χ2v) is 4.63. The van der Waals surface area contributed by atoms with Gasteiger partial charge in [0.15, 0.2) is 5.82 Å². The van der Waals surface area contributed by atoms with Crippen molar-refractivity contribution in [2.75, 3.05) is 12.4 Å². The molecule has 1 atom stereocenters. The molecular formula is C12H12ClF2NO2. The fourth-order valence-electron chi connectivity index (χ4n) is 1.76. The van der Waals surface area contributed by atoms with Crippen LogP contribution in [0.2, 0.25) is 5.02 Å². The summed E-state index contributed by atoms with van der Waals surface area (Å²) in [5, 5.41) is 2.61. The summed E-state index contributed by atoms with van der Waals surface area (Å²) in [4.78, 5) is 11.6. The fraction of sp³-hybridized carbons (Fsp3) is 0.417. The molecule has 0 saturated heterocycles. The van der Waals surface area contributed by atoms with E-state index >= 15 is 0 Å². The maximum atomic E-state index is 13.6. The normalized spacial score (nSPS) is 16.2. The summed E-state index contributed by atoms with van der Waals surface area (Å²) in [6.07, 6.45) is 1.74. The number of halogens is 3. The molecule has 18 heavy (non-hydrogen) atoms. The number of hydrogen-bond donors (Lipinski definition) is 1. The highest BCUT2D eigenvalue weighted by Gasteiger charge is 2.37. The molecule has 1 saturated carbocycles. The summed E-state index contributed by atoms with van der Waals surface area (Å²) in [7, 11) is 1.27. The lowest BCUT2D eigenvalue weighted by Gasteiger charge is -2.18. The number of anilines is 1. The first-order chi connectivity index (χ1) is 8.52. The highest BCUT2D eigenvalue weighted by atomic mass is 35.5. The molecule has 0 spiro atoms. The molecule has 0 aromatic heterocycles. The quantitative estimate of drug-likeness (QED) is 0.859. The van der Waals surface area contributed by atoms with Crippen molar-refractivity contribution in [3.8, 4) is 0 Å². The second kappa shape index (κ2) is 5.10. The Morgan fingerprint density at radius 2 is 2.17 bits per heavy atom. The average Bonchev–Trinajstić information content (AvgIpc) is 3.11. The van der Waals surface area contributed by atoms with Gasteiger partial charge >= 0.3 is 5.97 Å². The van der Waals surface area contributed by atoms with Crippen LogP contribution in [0.5, 0.6) is 0 Å². The molecule has 1 aromatic carbocycles. The van der Waals surface area contributed by atoms with Crippen molar-refractivity contribution in [1.29, 1.82) is 0 Å². The van der Waals surface area contributed by atoms with Crippen LogP contribution >= 0.6 is 11.6 Å². The van der Waals surface area contributed by atoms with Crippen molar-refractivity contribution in [3.63, 3.8) is 0 Å². The molecular weight excluding hydrogens is 264 g/mol. The number of carbonyl (C=O) groups is 1.